The number of nitrogens with zero attached hydrogens (tertiary/aromatic N) is 1. The second-order valence-corrected chi connectivity index (χ2v) is 4.96. The van der Waals surface area contributed by atoms with Crippen LogP contribution >= 0.6 is 0 Å². The largest absolute Gasteiger partial charge is 0.507 e. The molecule has 1 aromatic carbocycles. The van der Waals surface area contributed by atoms with Gasteiger partial charge in [0, 0.05) is 18.3 Å². The van der Waals surface area contributed by atoms with Gasteiger partial charge < -0.3 is 19.7 Å². The molecule has 0 aliphatic heterocycles. The fraction of sp³-hybridized carbons (Fsp3) is 0.286. The van der Waals surface area contributed by atoms with Gasteiger partial charge in [0.2, 0.25) is 11.5 Å². The molecule has 0 spiro atoms. The first-order chi connectivity index (χ1) is 9.99. The van der Waals surface area contributed by atoms with Crippen LogP contribution in [0.4, 0.5) is 0 Å². The Hall–Kier alpha value is -2.12. The van der Waals surface area contributed by atoms with E-state index in [-0.39, 0.29) is 30.1 Å². The molecular formula is C14H16BNO5. The summed E-state index contributed by atoms with van der Waals surface area (Å²) in [6.45, 7) is 1.75. The molecule has 1 atom stereocenters. The van der Waals surface area contributed by atoms with Crippen LogP contribution in [-0.2, 0) is 6.42 Å². The first-order valence-electron chi connectivity index (χ1n) is 6.56. The predicted octanol–water partition coefficient (Wildman–Crippen LogP) is 1.35. The molecule has 110 valence electrons. The molecule has 6 nitrogen and oxygen atoms in total. The van der Waals surface area contributed by atoms with Crippen LogP contribution in [0.15, 0.2) is 35.0 Å². The lowest BCUT2D eigenvalue weighted by molar-refractivity contribution is 0.0939. The lowest BCUT2D eigenvalue weighted by atomic mass is 9.67. The van der Waals surface area contributed by atoms with Gasteiger partial charge in [0.05, 0.1) is 6.20 Å². The second kappa shape index (κ2) is 6.56. The van der Waals surface area contributed by atoms with Crippen LogP contribution < -0.4 is 0 Å². The summed E-state index contributed by atoms with van der Waals surface area (Å²) in [6, 6.07) is 6.64. The predicted molar refractivity (Wildman–Crippen MR) is 75.9 cm³/mol. The molecule has 7 heteroatoms. The number of phenols is 1. The van der Waals surface area contributed by atoms with Gasteiger partial charge in [0.15, 0.2) is 0 Å². The Morgan fingerprint density at radius 1 is 1.38 bits per heavy atom. The maximum absolute atomic E-state index is 11.9. The number of carbonyl (C=O) groups excluding carboxylic acids is 1. The highest BCUT2D eigenvalue weighted by molar-refractivity contribution is 6.43. The van der Waals surface area contributed by atoms with Crippen molar-refractivity contribution in [3.05, 3.63) is 47.3 Å². The third-order valence-electron chi connectivity index (χ3n) is 3.39. The number of carbonyl (C=O) groups is 1. The van der Waals surface area contributed by atoms with E-state index in [0.717, 1.165) is 0 Å². The Bertz CT molecular complexity index is 612. The second-order valence-electron chi connectivity index (χ2n) is 4.96. The summed E-state index contributed by atoms with van der Waals surface area (Å²) in [6.07, 6.45) is 1.41. The Morgan fingerprint density at radius 3 is 2.76 bits per heavy atom. The zero-order chi connectivity index (χ0) is 15.4. The van der Waals surface area contributed by atoms with Crippen LogP contribution in [0, 0.1) is 6.92 Å². The van der Waals surface area contributed by atoms with Gasteiger partial charge in [-0.25, -0.2) is 0 Å². The van der Waals surface area contributed by atoms with Gasteiger partial charge in [-0.15, -0.1) is 0 Å². The number of Topliss-reactive ketones (excluding diaryl/α,β-unsaturated/α-hetero) is 1. The molecular weight excluding hydrogens is 273 g/mol. The number of aromatic nitrogens is 1. The fourth-order valence-corrected chi connectivity index (χ4v) is 2.15. The van der Waals surface area contributed by atoms with E-state index < -0.39 is 12.9 Å². The molecule has 1 unspecified atom stereocenters. The number of para-hydroxylation sites is 1. The van der Waals surface area contributed by atoms with Crippen molar-refractivity contribution in [2.75, 3.05) is 0 Å². The first kappa shape index (κ1) is 15.3. The smallest absolute Gasteiger partial charge is 0.455 e. The van der Waals surface area contributed by atoms with Crippen molar-refractivity contribution in [1.29, 1.82) is 0 Å². The number of phenolic OH excluding ortho intramolecular Hbond substituents is 1. The third kappa shape index (κ3) is 3.71. The van der Waals surface area contributed by atoms with Crippen LogP contribution in [0.5, 0.6) is 5.75 Å². The quantitative estimate of drug-likeness (QED) is 0.547. The molecule has 0 saturated heterocycles. The Morgan fingerprint density at radius 2 is 2.14 bits per heavy atom. The van der Waals surface area contributed by atoms with Crippen LogP contribution in [0.3, 0.4) is 0 Å². The molecule has 2 rings (SSSR count). The van der Waals surface area contributed by atoms with Gasteiger partial charge in [-0.3, -0.25) is 4.79 Å². The SMILES string of the molecule is Cc1cccc(CC(CC(=O)c2ccno2)B(O)O)c1O. The van der Waals surface area contributed by atoms with E-state index in [1.54, 1.807) is 25.1 Å². The zero-order valence-electron chi connectivity index (χ0n) is 11.6. The number of aromatic hydroxyl groups is 1. The summed E-state index contributed by atoms with van der Waals surface area (Å²) in [7, 11) is -1.67. The van der Waals surface area contributed by atoms with Crippen molar-refractivity contribution in [3.8, 4) is 5.75 Å². The minimum absolute atomic E-state index is 0.0779. The van der Waals surface area contributed by atoms with E-state index in [1.165, 1.54) is 12.3 Å². The molecule has 3 N–H and O–H groups in total. The summed E-state index contributed by atoms with van der Waals surface area (Å²) in [5.74, 6) is -0.919. The maximum atomic E-state index is 11.9. The maximum Gasteiger partial charge on any atom is 0.455 e. The van der Waals surface area contributed by atoms with Gasteiger partial charge >= 0.3 is 7.12 Å². The number of rotatable bonds is 6. The molecule has 0 aliphatic carbocycles. The summed E-state index contributed by atoms with van der Waals surface area (Å²) in [5, 5.41) is 32.3. The molecule has 1 heterocycles. The Balaban J connectivity index is 2.13. The van der Waals surface area contributed by atoms with Crippen LogP contribution in [-0.4, -0.2) is 33.2 Å². The van der Waals surface area contributed by atoms with Crippen molar-refractivity contribution in [3.63, 3.8) is 0 Å². The van der Waals surface area contributed by atoms with Gasteiger partial charge in [-0.2, -0.15) is 0 Å². The third-order valence-corrected chi connectivity index (χ3v) is 3.39. The highest BCUT2D eigenvalue weighted by atomic mass is 16.5. The molecule has 21 heavy (non-hydrogen) atoms. The van der Waals surface area contributed by atoms with Gasteiger partial charge in [0.1, 0.15) is 5.75 Å². The summed E-state index contributed by atoms with van der Waals surface area (Å²) >= 11 is 0. The lowest BCUT2D eigenvalue weighted by Gasteiger charge is -2.16. The average Bonchev–Trinajstić information content (AvgIpc) is 2.96. The summed E-state index contributed by atoms with van der Waals surface area (Å²) in [4.78, 5) is 11.9. The highest BCUT2D eigenvalue weighted by Crippen LogP contribution is 2.29. The zero-order valence-corrected chi connectivity index (χ0v) is 11.6. The van der Waals surface area contributed by atoms with E-state index in [2.05, 4.69) is 5.16 Å². The van der Waals surface area contributed by atoms with Crippen LogP contribution in [0.2, 0.25) is 5.82 Å². The van der Waals surface area contributed by atoms with Crippen molar-refractivity contribution in [2.45, 2.75) is 25.6 Å². The average molecular weight is 289 g/mol. The molecule has 1 aromatic heterocycles. The minimum atomic E-state index is -1.67. The Labute approximate surface area is 122 Å². The summed E-state index contributed by atoms with van der Waals surface area (Å²) < 4.78 is 4.76. The summed E-state index contributed by atoms with van der Waals surface area (Å²) in [5.41, 5.74) is 1.26. The number of benzene rings is 1. The van der Waals surface area contributed by atoms with Crippen molar-refractivity contribution in [1.82, 2.24) is 5.16 Å². The van der Waals surface area contributed by atoms with Crippen molar-refractivity contribution < 1.29 is 24.5 Å². The number of aryl methyl sites for hydroxylation is 1. The topological polar surface area (TPSA) is 104 Å². The monoisotopic (exact) mass is 289 g/mol. The molecule has 2 aromatic rings. The van der Waals surface area contributed by atoms with E-state index >= 15 is 0 Å². The van der Waals surface area contributed by atoms with Gasteiger partial charge in [-0.1, -0.05) is 23.4 Å². The molecule has 0 bridgehead atoms. The van der Waals surface area contributed by atoms with Gasteiger partial charge in [0.25, 0.3) is 0 Å². The van der Waals surface area contributed by atoms with E-state index in [9.17, 15) is 19.9 Å². The molecule has 0 fully saturated rings. The number of hydrogen-bond donors (Lipinski definition) is 3. The number of ketones is 1. The lowest BCUT2D eigenvalue weighted by Crippen LogP contribution is -2.24. The van der Waals surface area contributed by atoms with E-state index in [4.69, 9.17) is 4.52 Å². The van der Waals surface area contributed by atoms with Crippen molar-refractivity contribution >= 4 is 12.9 Å². The van der Waals surface area contributed by atoms with Crippen LogP contribution in [0.25, 0.3) is 0 Å². The van der Waals surface area contributed by atoms with E-state index in [1.807, 2.05) is 0 Å². The minimum Gasteiger partial charge on any atom is -0.507 e. The molecule has 0 radical (unpaired) electrons. The number of hydrogen-bond acceptors (Lipinski definition) is 6. The first-order valence-corrected chi connectivity index (χ1v) is 6.56. The molecule has 0 aliphatic rings. The normalized spacial score (nSPS) is 12.1. The standard InChI is InChI=1S/C14H16BNO5/c1-9-3-2-4-10(14(9)18)7-11(15(19)20)8-12(17)13-5-6-16-21-13/h2-6,11,18-20H,7-8H2,1H3. The fourth-order valence-electron chi connectivity index (χ4n) is 2.15. The highest BCUT2D eigenvalue weighted by Gasteiger charge is 2.28. The Kier molecular flexibility index (Phi) is 4.77. The molecule has 0 saturated carbocycles. The van der Waals surface area contributed by atoms with Crippen molar-refractivity contribution in [2.24, 2.45) is 0 Å². The molecule has 0 amide bonds. The van der Waals surface area contributed by atoms with Gasteiger partial charge in [-0.05, 0) is 24.5 Å². The van der Waals surface area contributed by atoms with Crippen LogP contribution in [0.1, 0.15) is 28.1 Å². The van der Waals surface area contributed by atoms with E-state index in [0.29, 0.717) is 11.1 Å².